The van der Waals surface area contributed by atoms with Gasteiger partial charge in [-0.3, -0.25) is 9.78 Å². The Labute approximate surface area is 191 Å². The second kappa shape index (κ2) is 9.20. The lowest BCUT2D eigenvalue weighted by atomic mass is 10.0. The standard InChI is InChI=1S/C25H25N5O3/c1-26-24(31)22-15-20(9-12-27-22)32-19-7-8-21-23(16-19)33-25(29-21)28-17-10-13-30(14-11-17)18-5-3-2-4-6-18/h2-9,12,15-17H,10-11,13-14H2,1H3,(H,26,31)(H,28,29). The number of oxazole rings is 1. The molecule has 0 aliphatic carbocycles. The summed E-state index contributed by atoms with van der Waals surface area (Å²) in [5, 5.41) is 5.99. The maximum Gasteiger partial charge on any atom is 0.295 e. The number of amides is 1. The average molecular weight is 444 g/mol. The molecule has 33 heavy (non-hydrogen) atoms. The lowest BCUT2D eigenvalue weighted by Crippen LogP contribution is -2.39. The van der Waals surface area contributed by atoms with E-state index in [1.807, 2.05) is 18.2 Å². The first-order chi connectivity index (χ1) is 16.2. The first kappa shape index (κ1) is 20.8. The number of fused-ring (bicyclic) bond motifs is 1. The highest BCUT2D eigenvalue weighted by molar-refractivity contribution is 5.92. The van der Waals surface area contributed by atoms with Gasteiger partial charge in [0, 0.05) is 50.2 Å². The molecular formula is C25H25N5O3. The topological polar surface area (TPSA) is 92.5 Å². The number of para-hydroxylation sites is 1. The van der Waals surface area contributed by atoms with Gasteiger partial charge in [0.25, 0.3) is 11.9 Å². The number of hydrogen-bond donors (Lipinski definition) is 2. The van der Waals surface area contributed by atoms with E-state index in [2.05, 4.69) is 49.8 Å². The van der Waals surface area contributed by atoms with Crippen molar-refractivity contribution in [3.05, 3.63) is 72.6 Å². The number of nitrogens with zero attached hydrogens (tertiary/aromatic N) is 3. The van der Waals surface area contributed by atoms with Crippen LogP contribution in [0.4, 0.5) is 11.7 Å². The number of benzene rings is 2. The largest absolute Gasteiger partial charge is 0.457 e. The zero-order valence-electron chi connectivity index (χ0n) is 18.3. The van der Waals surface area contributed by atoms with Crippen molar-refractivity contribution in [1.29, 1.82) is 0 Å². The van der Waals surface area contributed by atoms with Gasteiger partial charge in [-0.2, -0.15) is 4.98 Å². The lowest BCUT2D eigenvalue weighted by Gasteiger charge is -2.33. The first-order valence-corrected chi connectivity index (χ1v) is 11.0. The number of rotatable bonds is 6. The van der Waals surface area contributed by atoms with Gasteiger partial charge in [-0.05, 0) is 43.2 Å². The van der Waals surface area contributed by atoms with Crippen LogP contribution < -0.4 is 20.3 Å². The van der Waals surface area contributed by atoms with Gasteiger partial charge < -0.3 is 24.7 Å². The third-order valence-corrected chi connectivity index (χ3v) is 5.73. The van der Waals surface area contributed by atoms with Crippen molar-refractivity contribution >= 4 is 28.7 Å². The zero-order valence-corrected chi connectivity index (χ0v) is 18.3. The molecule has 1 saturated heterocycles. The minimum atomic E-state index is -0.267. The third kappa shape index (κ3) is 4.74. The van der Waals surface area contributed by atoms with Crippen LogP contribution in [0.25, 0.3) is 11.1 Å². The fourth-order valence-corrected chi connectivity index (χ4v) is 3.99. The van der Waals surface area contributed by atoms with E-state index < -0.39 is 0 Å². The van der Waals surface area contributed by atoms with E-state index in [-0.39, 0.29) is 5.91 Å². The summed E-state index contributed by atoms with van der Waals surface area (Å²) in [6, 6.07) is 20.1. The van der Waals surface area contributed by atoms with Gasteiger partial charge >= 0.3 is 0 Å². The van der Waals surface area contributed by atoms with Crippen LogP contribution in [0.2, 0.25) is 0 Å². The smallest absolute Gasteiger partial charge is 0.295 e. The van der Waals surface area contributed by atoms with E-state index in [1.165, 1.54) is 11.9 Å². The number of piperidine rings is 1. The predicted molar refractivity (Wildman–Crippen MR) is 127 cm³/mol. The second-order valence-electron chi connectivity index (χ2n) is 7.95. The number of carbonyl (C=O) groups excluding carboxylic acids is 1. The number of ether oxygens (including phenoxy) is 1. The Balaban J connectivity index is 1.23. The third-order valence-electron chi connectivity index (χ3n) is 5.73. The highest BCUT2D eigenvalue weighted by Gasteiger charge is 2.21. The average Bonchev–Trinajstić information content (AvgIpc) is 3.26. The van der Waals surface area contributed by atoms with Crippen LogP contribution in [0, 0.1) is 0 Å². The van der Waals surface area contributed by atoms with Crippen LogP contribution in [0.15, 0.2) is 71.3 Å². The number of nitrogens with one attached hydrogen (secondary N) is 2. The van der Waals surface area contributed by atoms with Crippen molar-refractivity contribution in [3.8, 4) is 11.5 Å². The van der Waals surface area contributed by atoms with Crippen molar-refractivity contribution in [2.75, 3.05) is 30.4 Å². The van der Waals surface area contributed by atoms with Gasteiger partial charge in [0.1, 0.15) is 22.7 Å². The summed E-state index contributed by atoms with van der Waals surface area (Å²) in [5.41, 5.74) is 2.95. The summed E-state index contributed by atoms with van der Waals surface area (Å²) < 4.78 is 11.8. The Kier molecular flexibility index (Phi) is 5.80. The van der Waals surface area contributed by atoms with Crippen LogP contribution in [-0.4, -0.2) is 42.1 Å². The summed E-state index contributed by atoms with van der Waals surface area (Å²) >= 11 is 0. The molecule has 1 aliphatic rings. The fraction of sp³-hybridized carbons (Fsp3) is 0.240. The highest BCUT2D eigenvalue weighted by Crippen LogP contribution is 2.29. The predicted octanol–water partition coefficient (Wildman–Crippen LogP) is 4.46. The van der Waals surface area contributed by atoms with Gasteiger partial charge in [-0.1, -0.05) is 18.2 Å². The van der Waals surface area contributed by atoms with Crippen LogP contribution in [-0.2, 0) is 0 Å². The normalized spacial score (nSPS) is 14.3. The molecule has 1 amide bonds. The molecule has 0 bridgehead atoms. The van der Waals surface area contributed by atoms with Crippen LogP contribution in [0.3, 0.4) is 0 Å². The minimum Gasteiger partial charge on any atom is -0.457 e. The van der Waals surface area contributed by atoms with Crippen molar-refractivity contribution in [1.82, 2.24) is 15.3 Å². The van der Waals surface area contributed by atoms with Gasteiger partial charge in [0.2, 0.25) is 0 Å². The molecule has 0 unspecified atom stereocenters. The molecule has 0 radical (unpaired) electrons. The highest BCUT2D eigenvalue weighted by atomic mass is 16.5. The molecule has 1 aliphatic heterocycles. The maximum atomic E-state index is 11.8. The van der Waals surface area contributed by atoms with Crippen LogP contribution in [0.5, 0.6) is 11.5 Å². The molecule has 0 saturated carbocycles. The Hall–Kier alpha value is -4.07. The summed E-state index contributed by atoms with van der Waals surface area (Å²) in [5.74, 6) is 0.845. The van der Waals surface area contributed by atoms with Crippen molar-refractivity contribution in [2.45, 2.75) is 18.9 Å². The molecule has 168 valence electrons. The molecule has 2 aromatic heterocycles. The maximum absolute atomic E-state index is 11.8. The molecule has 8 heteroatoms. The quantitative estimate of drug-likeness (QED) is 0.455. The molecule has 2 N–H and O–H groups in total. The van der Waals surface area contributed by atoms with Crippen molar-refractivity contribution < 1.29 is 13.9 Å². The Morgan fingerprint density at radius 1 is 1.06 bits per heavy atom. The second-order valence-corrected chi connectivity index (χ2v) is 7.95. The molecule has 5 rings (SSSR count). The molecule has 0 atom stereocenters. The van der Waals surface area contributed by atoms with E-state index in [1.54, 1.807) is 25.2 Å². The molecule has 4 aromatic rings. The Bertz CT molecular complexity index is 1250. The van der Waals surface area contributed by atoms with Crippen LogP contribution >= 0.6 is 0 Å². The first-order valence-electron chi connectivity index (χ1n) is 11.0. The van der Waals surface area contributed by atoms with E-state index in [9.17, 15) is 4.79 Å². The van der Waals surface area contributed by atoms with Gasteiger partial charge in [0.15, 0.2) is 5.58 Å². The summed E-state index contributed by atoms with van der Waals surface area (Å²) in [7, 11) is 1.56. The lowest BCUT2D eigenvalue weighted by molar-refractivity contribution is 0.0958. The molecule has 0 spiro atoms. The van der Waals surface area contributed by atoms with Gasteiger partial charge in [-0.15, -0.1) is 0 Å². The van der Waals surface area contributed by atoms with Crippen molar-refractivity contribution in [3.63, 3.8) is 0 Å². The number of aromatic nitrogens is 2. The van der Waals surface area contributed by atoms with Crippen LogP contribution in [0.1, 0.15) is 23.3 Å². The molecular weight excluding hydrogens is 418 g/mol. The molecule has 1 fully saturated rings. The molecule has 3 heterocycles. The zero-order chi connectivity index (χ0) is 22.6. The molecule has 2 aromatic carbocycles. The summed E-state index contributed by atoms with van der Waals surface area (Å²) in [4.78, 5) is 22.8. The number of carbonyl (C=O) groups is 1. The molecule has 8 nitrogen and oxygen atoms in total. The number of hydrogen-bond acceptors (Lipinski definition) is 7. The van der Waals surface area contributed by atoms with E-state index in [0.29, 0.717) is 34.8 Å². The summed E-state index contributed by atoms with van der Waals surface area (Å²) in [6.07, 6.45) is 3.56. The SMILES string of the molecule is CNC(=O)c1cc(Oc2ccc3nc(NC4CCN(c5ccccc5)CC4)oc3c2)ccn1. The monoisotopic (exact) mass is 443 g/mol. The number of pyridine rings is 1. The Morgan fingerprint density at radius 3 is 2.64 bits per heavy atom. The van der Waals surface area contributed by atoms with Crippen molar-refractivity contribution in [2.24, 2.45) is 0 Å². The van der Waals surface area contributed by atoms with E-state index in [4.69, 9.17) is 9.15 Å². The van der Waals surface area contributed by atoms with E-state index >= 15 is 0 Å². The summed E-state index contributed by atoms with van der Waals surface area (Å²) in [6.45, 7) is 1.98. The minimum absolute atomic E-state index is 0.267. The van der Waals surface area contributed by atoms with Gasteiger partial charge in [0.05, 0.1) is 0 Å². The van der Waals surface area contributed by atoms with Gasteiger partial charge in [-0.25, -0.2) is 0 Å². The Morgan fingerprint density at radius 2 is 1.85 bits per heavy atom. The van der Waals surface area contributed by atoms with E-state index in [0.717, 1.165) is 31.4 Å². The fourth-order valence-electron chi connectivity index (χ4n) is 3.99. The number of anilines is 2.